The molecular formula is C8H11F6OSSb. The normalized spacial score (nSPS) is 15.6. The number of halogens is 6. The van der Waals surface area contributed by atoms with E-state index in [0.29, 0.717) is 16.6 Å². The Labute approximate surface area is 99.7 Å². The number of hydrogen-bond acceptors (Lipinski definition) is 1. The fourth-order valence-corrected chi connectivity index (χ4v) is 1.40. The van der Waals surface area contributed by atoms with Crippen molar-refractivity contribution in [3.63, 3.8) is 0 Å². The number of phenols is 1. The van der Waals surface area contributed by atoms with Crippen molar-refractivity contribution in [1.82, 2.24) is 0 Å². The molecule has 0 fully saturated rings. The molecule has 0 spiro atoms. The van der Waals surface area contributed by atoms with Gasteiger partial charge in [-0.05, 0) is 24.3 Å². The third-order valence-corrected chi connectivity index (χ3v) is 2.52. The van der Waals surface area contributed by atoms with Crippen LogP contribution < -0.4 is 0 Å². The van der Waals surface area contributed by atoms with Gasteiger partial charge >= 0.3 is 36.4 Å². The number of hydrogen-bond donors (Lipinski definition) is 1. The van der Waals surface area contributed by atoms with Crippen molar-refractivity contribution in [2.45, 2.75) is 4.90 Å². The van der Waals surface area contributed by atoms with Crippen LogP contribution in [-0.2, 0) is 10.9 Å². The Morgan fingerprint density at radius 3 is 1.41 bits per heavy atom. The van der Waals surface area contributed by atoms with Gasteiger partial charge in [-0.3, -0.25) is 0 Å². The summed E-state index contributed by atoms with van der Waals surface area (Å²) in [5.41, 5.74) is 0. The first-order valence-electron chi connectivity index (χ1n) is 4.08. The molecule has 1 rings (SSSR count). The van der Waals surface area contributed by atoms with Crippen LogP contribution in [0.5, 0.6) is 5.75 Å². The predicted octanol–water partition coefficient (Wildman–Crippen LogP) is 3.77. The zero-order chi connectivity index (χ0) is 14.0. The average molecular weight is 391 g/mol. The fourth-order valence-electron chi connectivity index (χ4n) is 0.718. The fraction of sp³-hybridized carbons (Fsp3) is 0.250. The van der Waals surface area contributed by atoms with Crippen molar-refractivity contribution < 1.29 is 22.0 Å². The molecule has 0 bridgehead atoms. The second kappa shape index (κ2) is 4.46. The molecule has 1 nitrogen and oxygen atoms in total. The molecule has 0 amide bonds. The number of rotatable bonds is 1. The topological polar surface area (TPSA) is 20.2 Å². The zero-order valence-corrected chi connectivity index (χ0v) is 12.2. The van der Waals surface area contributed by atoms with E-state index in [-0.39, 0.29) is 0 Å². The molecule has 0 aromatic heterocycles. The molecule has 1 N–H and O–H groups in total. The van der Waals surface area contributed by atoms with Gasteiger partial charge in [0.1, 0.15) is 18.3 Å². The van der Waals surface area contributed by atoms with E-state index in [1.165, 1.54) is 4.90 Å². The minimum atomic E-state index is -11.2. The Morgan fingerprint density at radius 2 is 1.18 bits per heavy atom. The molecule has 0 atom stereocenters. The van der Waals surface area contributed by atoms with Gasteiger partial charge in [0.25, 0.3) is 0 Å². The van der Waals surface area contributed by atoms with Gasteiger partial charge in [-0.2, -0.15) is 0 Å². The van der Waals surface area contributed by atoms with Crippen LogP contribution in [0.1, 0.15) is 0 Å². The van der Waals surface area contributed by atoms with Crippen molar-refractivity contribution in [3.8, 4) is 5.75 Å². The molecule has 0 saturated heterocycles. The first kappa shape index (κ1) is 16.8. The molecule has 0 unspecified atom stereocenters. The third-order valence-electron chi connectivity index (χ3n) is 1.31. The zero-order valence-electron chi connectivity index (χ0n) is 8.88. The van der Waals surface area contributed by atoms with Crippen molar-refractivity contribution in [2.75, 3.05) is 12.5 Å². The van der Waals surface area contributed by atoms with Crippen LogP contribution in [0.15, 0.2) is 29.2 Å². The van der Waals surface area contributed by atoms with Gasteiger partial charge in [0.15, 0.2) is 4.90 Å². The summed E-state index contributed by atoms with van der Waals surface area (Å²) in [6.45, 7) is 0. The Bertz CT molecular complexity index is 358. The van der Waals surface area contributed by atoms with Crippen LogP contribution in [-0.4, -0.2) is 37.1 Å². The second-order valence-electron chi connectivity index (χ2n) is 3.27. The Balaban J connectivity index is 0.000000325. The summed E-state index contributed by atoms with van der Waals surface area (Å²) >= 11 is -11.2. The molecule has 1 aromatic carbocycles. The van der Waals surface area contributed by atoms with Gasteiger partial charge in [0.05, 0.1) is 0 Å². The van der Waals surface area contributed by atoms with Gasteiger partial charge in [-0.25, -0.2) is 0 Å². The van der Waals surface area contributed by atoms with E-state index in [9.17, 15) is 16.9 Å². The summed E-state index contributed by atoms with van der Waals surface area (Å²) in [6.07, 6.45) is 4.32. The van der Waals surface area contributed by atoms with E-state index in [4.69, 9.17) is 5.11 Å². The number of benzene rings is 1. The average Bonchev–Trinajstić information content (AvgIpc) is 1.98. The van der Waals surface area contributed by atoms with Gasteiger partial charge in [0.2, 0.25) is 0 Å². The monoisotopic (exact) mass is 390 g/mol. The maximum atomic E-state index is 9.93. The van der Waals surface area contributed by atoms with Crippen molar-refractivity contribution in [1.29, 1.82) is 0 Å². The van der Waals surface area contributed by atoms with Crippen LogP contribution in [0, 0.1) is 0 Å². The Morgan fingerprint density at radius 1 is 0.882 bits per heavy atom. The first-order valence-corrected chi connectivity index (χ1v) is 11.9. The standard InChI is InChI=1S/C8H10OS.6FH.Sb/c1-10(2)8-5-3-7(9)4-6-8;;;;;;;/h3-6H,1-2H3;6*1H;/q;;;;;;;+5/p-5. The molecule has 0 heterocycles. The van der Waals surface area contributed by atoms with Crippen molar-refractivity contribution in [3.05, 3.63) is 24.3 Å². The van der Waals surface area contributed by atoms with E-state index in [1.807, 2.05) is 12.1 Å². The van der Waals surface area contributed by atoms with Crippen LogP contribution >= 0.6 is 0 Å². The number of phenolic OH excluding ortho intramolecular Hbond substituents is 1. The molecule has 0 saturated carbocycles. The van der Waals surface area contributed by atoms with Gasteiger partial charge in [0, 0.05) is 10.9 Å². The van der Waals surface area contributed by atoms with Gasteiger partial charge in [-0.15, -0.1) is 0 Å². The van der Waals surface area contributed by atoms with Gasteiger partial charge in [-0.1, -0.05) is 0 Å². The van der Waals surface area contributed by atoms with E-state index >= 15 is 0 Å². The summed E-state index contributed by atoms with van der Waals surface area (Å²) in [6, 6.07) is 7.36. The molecule has 9 heteroatoms. The molecule has 0 radical (unpaired) electrons. The molecule has 0 aliphatic heterocycles. The summed E-state index contributed by atoms with van der Waals surface area (Å²) in [5.74, 6) is 0.342. The molecule has 1 aromatic rings. The molecular weight excluding hydrogens is 380 g/mol. The quantitative estimate of drug-likeness (QED) is 0.439. The van der Waals surface area contributed by atoms with Crippen LogP contribution in [0.3, 0.4) is 0 Å². The predicted molar refractivity (Wildman–Crippen MR) is 58.0 cm³/mol. The first-order chi connectivity index (χ1) is 7.15. The van der Waals surface area contributed by atoms with Crippen molar-refractivity contribution in [2.24, 2.45) is 0 Å². The van der Waals surface area contributed by atoms with Crippen molar-refractivity contribution >= 4 is 30.4 Å². The summed E-state index contributed by atoms with van der Waals surface area (Å²) in [5, 5.41) is 8.94. The van der Waals surface area contributed by atoms with Crippen LogP contribution in [0.2, 0.25) is 0 Å². The van der Waals surface area contributed by atoms with Gasteiger partial charge < -0.3 is 5.11 Å². The van der Waals surface area contributed by atoms with Crippen LogP contribution in [0.25, 0.3) is 0 Å². The van der Waals surface area contributed by atoms with Crippen LogP contribution in [0.4, 0.5) is 16.9 Å². The maximum absolute atomic E-state index is 11.2. The summed E-state index contributed by atoms with van der Waals surface area (Å²) < 4.78 is 59.6. The Kier molecular flexibility index (Phi) is 4.40. The molecule has 0 aliphatic rings. The molecule has 17 heavy (non-hydrogen) atoms. The number of aromatic hydroxyl groups is 1. The second-order valence-corrected chi connectivity index (χ2v) is 10.8. The SMILES string of the molecule is C[S+](C)c1ccc(O)cc1.[F][Sb-]([F])([F])([F])([F])[F]. The van der Waals surface area contributed by atoms with E-state index in [1.54, 1.807) is 12.1 Å². The summed E-state index contributed by atoms with van der Waals surface area (Å²) in [7, 11) is 0.302. The summed E-state index contributed by atoms with van der Waals surface area (Å²) in [4.78, 5) is 1.29. The molecule has 102 valence electrons. The van der Waals surface area contributed by atoms with E-state index in [2.05, 4.69) is 12.5 Å². The Hall–Kier alpha value is -0.232. The third kappa shape index (κ3) is 15.8. The minimum absolute atomic E-state index is 0.302. The van der Waals surface area contributed by atoms with E-state index < -0.39 is 19.5 Å². The molecule has 0 aliphatic carbocycles. The van der Waals surface area contributed by atoms with E-state index in [0.717, 1.165) is 0 Å².